The average Bonchev–Trinajstić information content (AvgIpc) is 1.53. The maximum atomic E-state index is 6.88. The molecule has 8 nitrogen and oxygen atoms in total. The van der Waals surface area contributed by atoms with Gasteiger partial charge in [0.25, 0.3) is 0 Å². The Bertz CT molecular complexity index is 6950. The normalized spacial score (nSPS) is 12.6. The van der Waals surface area contributed by atoms with Crippen LogP contribution in [0.2, 0.25) is 0 Å². The predicted molar refractivity (Wildman–Crippen MR) is 434 cm³/mol. The minimum Gasteiger partial charge on any atom is -0.453 e. The summed E-state index contributed by atoms with van der Waals surface area (Å²) in [5.74, 6) is 6.68. The van der Waals surface area contributed by atoms with Crippen molar-refractivity contribution in [2.24, 2.45) is 0 Å². The molecule has 0 fully saturated rings. The zero-order chi connectivity index (χ0) is 69.2. The van der Waals surface area contributed by atoms with Crippen LogP contribution in [0.5, 0.6) is 46.0 Å². The van der Waals surface area contributed by atoms with Crippen LogP contribution in [-0.2, 0) is 6.42 Å². The lowest BCUT2D eigenvalue weighted by Crippen LogP contribution is -2.11. The molecule has 19 aromatic rings. The zero-order valence-electron chi connectivity index (χ0n) is 56.9. The molecule has 1 aliphatic carbocycles. The SMILES string of the molecule is c1ccc(-c2cccc(N(c3ccc(-c4ccc5c6cccc7c6n6c5c4Oc4cccc(c4-6)O7)cc3)c3ccc4sc5ccccc5c4c3)c2)cc1.c1ccc(-c2cccc(N(c3cccc(-c4ccc5c6cccc7c6n6c5c4Oc4cccc(c4-6)O7)c3)c3ccc4c(c3)Cc3ccccc3-4)c2)cc1. The van der Waals surface area contributed by atoms with E-state index in [-0.39, 0.29) is 0 Å². The summed E-state index contributed by atoms with van der Waals surface area (Å²) < 4.78 is 33.8. The molecule has 0 saturated carbocycles. The van der Waals surface area contributed by atoms with Gasteiger partial charge in [-0.05, 0) is 196 Å². The lowest BCUT2D eigenvalue weighted by atomic mass is 9.99. The summed E-state index contributed by atoms with van der Waals surface area (Å²) in [6.07, 6.45) is 0.932. The van der Waals surface area contributed by atoms with Crippen LogP contribution in [0.3, 0.4) is 0 Å². The third-order valence-electron chi connectivity index (χ3n) is 21.9. The summed E-state index contributed by atoms with van der Waals surface area (Å²) in [6.45, 7) is 0. The second-order valence-electron chi connectivity index (χ2n) is 27.8. The van der Waals surface area contributed by atoms with Crippen LogP contribution in [0, 0.1) is 0 Å². The predicted octanol–water partition coefficient (Wildman–Crippen LogP) is 27.5. The monoisotopic (exact) mass is 1370 g/mol. The third kappa shape index (κ3) is 8.87. The Morgan fingerprint density at radius 3 is 1.27 bits per heavy atom. The molecule has 0 radical (unpaired) electrons. The Morgan fingerprint density at radius 2 is 0.651 bits per heavy atom. The molecule has 0 N–H and O–H groups in total. The fourth-order valence-electron chi connectivity index (χ4n) is 17.2. The average molecular weight is 1380 g/mol. The maximum Gasteiger partial charge on any atom is 0.160 e. The van der Waals surface area contributed by atoms with Gasteiger partial charge in [0.2, 0.25) is 0 Å². The van der Waals surface area contributed by atoms with Gasteiger partial charge in [-0.3, -0.25) is 9.13 Å². The molecule has 0 amide bonds. The number of benzene rings is 16. The highest BCUT2D eigenvalue weighted by Crippen LogP contribution is 2.59. The molecule has 9 heteroatoms. The van der Waals surface area contributed by atoms with Crippen molar-refractivity contribution >= 4 is 109 Å². The van der Waals surface area contributed by atoms with Gasteiger partial charge >= 0.3 is 0 Å². The van der Waals surface area contributed by atoms with Gasteiger partial charge in [-0.1, -0.05) is 206 Å². The fraction of sp³-hybridized carbons (Fsp3) is 0.0103. The van der Waals surface area contributed by atoms with E-state index in [1.165, 1.54) is 64.7 Å². The summed E-state index contributed by atoms with van der Waals surface area (Å²) in [7, 11) is 0. The first-order valence-corrected chi connectivity index (χ1v) is 36.8. The van der Waals surface area contributed by atoms with E-state index >= 15 is 0 Å². The van der Waals surface area contributed by atoms with Gasteiger partial charge in [-0.25, -0.2) is 0 Å². The number of fused-ring (bicyclic) bond motifs is 8. The molecule has 7 heterocycles. The second kappa shape index (κ2) is 22.8. The summed E-state index contributed by atoms with van der Waals surface area (Å²) in [6, 6.07) is 122. The van der Waals surface area contributed by atoms with Gasteiger partial charge in [0.1, 0.15) is 11.4 Å². The van der Waals surface area contributed by atoms with Gasteiger partial charge in [-0.15, -0.1) is 11.3 Å². The molecule has 24 rings (SSSR count). The molecule has 0 bridgehead atoms. The third-order valence-corrected chi connectivity index (χ3v) is 23.1. The quantitative estimate of drug-likeness (QED) is 0.136. The Kier molecular flexibility index (Phi) is 12.6. The number of ether oxygens (including phenoxy) is 4. The number of nitrogens with zero attached hydrogens (tertiary/aromatic N) is 4. The van der Waals surface area contributed by atoms with E-state index in [9.17, 15) is 0 Å². The first-order valence-electron chi connectivity index (χ1n) is 36.0. The van der Waals surface area contributed by atoms with Gasteiger partial charge in [-0.2, -0.15) is 0 Å². The Balaban J connectivity index is 0.000000129. The van der Waals surface area contributed by atoms with Gasteiger partial charge in [0.05, 0.1) is 22.1 Å². The molecule has 4 aliphatic heterocycles. The first kappa shape index (κ1) is 58.7. The van der Waals surface area contributed by atoms with Crippen molar-refractivity contribution < 1.29 is 18.9 Å². The highest BCUT2D eigenvalue weighted by Gasteiger charge is 2.36. The number of thiophene rings is 1. The van der Waals surface area contributed by atoms with Gasteiger partial charge < -0.3 is 28.7 Å². The van der Waals surface area contributed by atoms with Crippen molar-refractivity contribution in [2.45, 2.75) is 6.42 Å². The highest BCUT2D eigenvalue weighted by molar-refractivity contribution is 7.25. The molecule has 0 unspecified atom stereocenters. The zero-order valence-corrected chi connectivity index (χ0v) is 57.7. The van der Waals surface area contributed by atoms with Gasteiger partial charge in [0, 0.05) is 87.0 Å². The number of para-hydroxylation sites is 4. The minimum atomic E-state index is 0.797. The number of anilines is 6. The van der Waals surface area contributed by atoms with Crippen LogP contribution >= 0.6 is 11.3 Å². The summed E-state index contributed by atoms with van der Waals surface area (Å²) in [4.78, 5) is 4.76. The molecule has 0 atom stereocenters. The van der Waals surface area contributed by atoms with E-state index < -0.39 is 0 Å². The molecular weight excluding hydrogens is 1320 g/mol. The molecular formula is C97H58N4O4S. The minimum absolute atomic E-state index is 0.797. The topological polar surface area (TPSA) is 53.3 Å². The number of hydrogen-bond donors (Lipinski definition) is 0. The number of rotatable bonds is 10. The Hall–Kier alpha value is -13.9. The van der Waals surface area contributed by atoms with Crippen LogP contribution in [-0.4, -0.2) is 9.13 Å². The van der Waals surface area contributed by atoms with Crippen LogP contribution in [0.25, 0.3) is 131 Å². The lowest BCUT2D eigenvalue weighted by molar-refractivity contribution is 0.444. The standard InChI is InChI=1S/C49H30N2O2.C48H28N2O2S/c1-2-10-30(11-3-1)31-13-6-15-35(27-31)50(37-22-23-39-34(29-37)26-32-12-4-5-17-38(32)39)36-16-7-14-33(28-36)40-24-25-42-41-18-8-19-43-46(41)51-47(42)49(40)53-45-21-9-20-44(52-43)48(45)51;1-2-9-29(10-3-1)31-11-6-12-33(27-31)49(34-23-26-44-39(28-34)36-13-4-5-18-43(36)53-44)32-21-19-30(20-22-32)35-24-25-38-37-14-7-15-40-45(37)50-46(38)48(35)52-42-17-8-16-41(51-40)47(42)50/h1-25,27-29H,26H2;1-28H. The van der Waals surface area contributed by atoms with Crippen molar-refractivity contribution in [3.8, 4) is 113 Å². The molecule has 106 heavy (non-hydrogen) atoms. The number of aromatic nitrogens is 2. The fourth-order valence-corrected chi connectivity index (χ4v) is 18.3. The van der Waals surface area contributed by atoms with Crippen molar-refractivity contribution in [2.75, 3.05) is 9.80 Å². The van der Waals surface area contributed by atoms with Crippen LogP contribution in [0.15, 0.2) is 340 Å². The summed E-state index contributed by atoms with van der Waals surface area (Å²) in [5, 5.41) is 7.19. The van der Waals surface area contributed by atoms with Crippen LogP contribution in [0.1, 0.15) is 11.1 Å². The molecule has 0 saturated heterocycles. The van der Waals surface area contributed by atoms with Crippen molar-refractivity contribution in [1.29, 1.82) is 0 Å². The highest BCUT2D eigenvalue weighted by atomic mass is 32.1. The van der Waals surface area contributed by atoms with E-state index in [4.69, 9.17) is 18.9 Å². The summed E-state index contributed by atoms with van der Waals surface area (Å²) in [5.41, 5.74) is 27.3. The summed E-state index contributed by atoms with van der Waals surface area (Å²) >= 11 is 1.84. The van der Waals surface area contributed by atoms with Crippen LogP contribution in [0.4, 0.5) is 34.1 Å². The molecule has 16 aromatic carbocycles. The Labute approximate surface area is 613 Å². The number of hydrogen-bond acceptors (Lipinski definition) is 7. The van der Waals surface area contributed by atoms with E-state index in [1.54, 1.807) is 0 Å². The van der Waals surface area contributed by atoms with Crippen molar-refractivity contribution in [3.05, 3.63) is 351 Å². The van der Waals surface area contributed by atoms with Crippen molar-refractivity contribution in [3.63, 3.8) is 0 Å². The molecule has 3 aromatic heterocycles. The lowest BCUT2D eigenvalue weighted by Gasteiger charge is -2.28. The van der Waals surface area contributed by atoms with Gasteiger partial charge in [0.15, 0.2) is 46.0 Å². The van der Waals surface area contributed by atoms with E-state index in [1.807, 2.05) is 47.7 Å². The molecule has 0 spiro atoms. The Morgan fingerprint density at radius 1 is 0.236 bits per heavy atom. The first-order chi connectivity index (χ1) is 52.5. The largest absolute Gasteiger partial charge is 0.453 e. The second-order valence-corrected chi connectivity index (χ2v) is 28.9. The maximum absolute atomic E-state index is 6.88. The van der Waals surface area contributed by atoms with Crippen molar-refractivity contribution in [1.82, 2.24) is 9.13 Å². The molecule has 496 valence electrons. The van der Waals surface area contributed by atoms with Crippen LogP contribution < -0.4 is 28.7 Å². The van der Waals surface area contributed by atoms with E-state index in [0.29, 0.717) is 0 Å². The van der Waals surface area contributed by atoms with E-state index in [2.05, 4.69) is 322 Å². The van der Waals surface area contributed by atoms with E-state index in [0.717, 1.165) is 164 Å². The smallest absolute Gasteiger partial charge is 0.160 e. The molecule has 5 aliphatic rings.